The Morgan fingerprint density at radius 1 is 1.65 bits per heavy atom. The fourth-order valence-electron chi connectivity index (χ4n) is 1.63. The number of carbonyl (C=O) groups is 1. The van der Waals surface area contributed by atoms with Crippen LogP contribution >= 0.6 is 0 Å². The second kappa shape index (κ2) is 5.84. The standard InChI is InChI=1S/C12H21N3O2/c1-5-9(3)15(4)7-10-6-8(2)11(17-10)12(16)14-13/h6,9H,5,7,13H2,1-4H3,(H,14,16). The summed E-state index contributed by atoms with van der Waals surface area (Å²) in [6.45, 7) is 6.82. The number of furan rings is 1. The van der Waals surface area contributed by atoms with Gasteiger partial charge in [-0.1, -0.05) is 6.92 Å². The number of amides is 1. The third-order valence-corrected chi connectivity index (χ3v) is 3.05. The smallest absolute Gasteiger partial charge is 0.301 e. The summed E-state index contributed by atoms with van der Waals surface area (Å²) in [5.74, 6) is 5.77. The molecule has 0 aromatic carbocycles. The number of nitrogens with two attached hydrogens (primary N) is 1. The molecule has 0 aliphatic heterocycles. The topological polar surface area (TPSA) is 71.5 Å². The van der Waals surface area contributed by atoms with E-state index in [0.29, 0.717) is 18.3 Å². The molecule has 17 heavy (non-hydrogen) atoms. The molecule has 1 rings (SSSR count). The van der Waals surface area contributed by atoms with Crippen molar-refractivity contribution in [1.82, 2.24) is 10.3 Å². The summed E-state index contributed by atoms with van der Waals surface area (Å²) >= 11 is 0. The highest BCUT2D eigenvalue weighted by Gasteiger charge is 2.16. The molecule has 0 aliphatic carbocycles. The van der Waals surface area contributed by atoms with Crippen LogP contribution in [0.15, 0.2) is 10.5 Å². The molecule has 1 aromatic heterocycles. The maximum atomic E-state index is 11.4. The van der Waals surface area contributed by atoms with Crippen LogP contribution < -0.4 is 11.3 Å². The molecule has 5 heteroatoms. The summed E-state index contributed by atoms with van der Waals surface area (Å²) in [5, 5.41) is 0. The molecule has 1 amide bonds. The molecule has 0 fully saturated rings. The van der Waals surface area contributed by atoms with Gasteiger partial charge in [0, 0.05) is 11.6 Å². The van der Waals surface area contributed by atoms with Crippen molar-refractivity contribution in [2.24, 2.45) is 5.84 Å². The number of nitrogens with zero attached hydrogens (tertiary/aromatic N) is 1. The highest BCUT2D eigenvalue weighted by Crippen LogP contribution is 2.17. The molecule has 1 atom stereocenters. The van der Waals surface area contributed by atoms with Crippen molar-refractivity contribution in [3.8, 4) is 0 Å². The number of hydrogen-bond donors (Lipinski definition) is 2. The molecular formula is C12H21N3O2. The van der Waals surface area contributed by atoms with Crippen LogP contribution in [0.1, 0.15) is 42.1 Å². The van der Waals surface area contributed by atoms with E-state index in [-0.39, 0.29) is 5.91 Å². The molecule has 0 bridgehead atoms. The average Bonchev–Trinajstić information content (AvgIpc) is 2.67. The Morgan fingerprint density at radius 2 is 2.29 bits per heavy atom. The number of nitrogen functional groups attached to an aromatic ring is 1. The minimum Gasteiger partial charge on any atom is -0.454 e. The second-order valence-electron chi connectivity index (χ2n) is 4.37. The Kier molecular flexibility index (Phi) is 4.72. The minimum absolute atomic E-state index is 0.292. The van der Waals surface area contributed by atoms with Crippen LogP contribution in [0.25, 0.3) is 0 Å². The first-order valence-corrected chi connectivity index (χ1v) is 5.80. The maximum Gasteiger partial charge on any atom is 0.301 e. The van der Waals surface area contributed by atoms with Gasteiger partial charge >= 0.3 is 5.91 Å². The van der Waals surface area contributed by atoms with Gasteiger partial charge in [0.05, 0.1) is 6.54 Å². The number of nitrogens with one attached hydrogen (secondary N) is 1. The van der Waals surface area contributed by atoms with Gasteiger partial charge in [-0.25, -0.2) is 5.84 Å². The normalized spacial score (nSPS) is 12.8. The fourth-order valence-corrected chi connectivity index (χ4v) is 1.63. The van der Waals surface area contributed by atoms with E-state index >= 15 is 0 Å². The summed E-state index contributed by atoms with van der Waals surface area (Å²) in [5.41, 5.74) is 2.88. The van der Waals surface area contributed by atoms with E-state index in [1.54, 1.807) is 0 Å². The first-order chi connectivity index (χ1) is 7.99. The lowest BCUT2D eigenvalue weighted by Crippen LogP contribution is -2.30. The quantitative estimate of drug-likeness (QED) is 0.463. The first-order valence-electron chi connectivity index (χ1n) is 5.80. The third-order valence-electron chi connectivity index (χ3n) is 3.05. The van der Waals surface area contributed by atoms with E-state index in [1.807, 2.05) is 20.0 Å². The number of hydrogen-bond acceptors (Lipinski definition) is 4. The fraction of sp³-hybridized carbons (Fsp3) is 0.583. The van der Waals surface area contributed by atoms with E-state index in [2.05, 4.69) is 24.2 Å². The monoisotopic (exact) mass is 239 g/mol. The molecule has 0 radical (unpaired) electrons. The van der Waals surface area contributed by atoms with Crippen LogP contribution in [0.2, 0.25) is 0 Å². The lowest BCUT2D eigenvalue weighted by molar-refractivity contribution is 0.0921. The van der Waals surface area contributed by atoms with Gasteiger partial charge in [0.15, 0.2) is 5.76 Å². The zero-order chi connectivity index (χ0) is 13.0. The van der Waals surface area contributed by atoms with Crippen LogP contribution in [0, 0.1) is 6.92 Å². The highest BCUT2D eigenvalue weighted by molar-refractivity contribution is 5.92. The molecule has 1 unspecified atom stereocenters. The molecule has 96 valence electrons. The van der Waals surface area contributed by atoms with Crippen molar-refractivity contribution < 1.29 is 9.21 Å². The van der Waals surface area contributed by atoms with Crippen LogP contribution in [0.5, 0.6) is 0 Å². The molecule has 0 spiro atoms. The van der Waals surface area contributed by atoms with Crippen LogP contribution in [0.4, 0.5) is 0 Å². The highest BCUT2D eigenvalue weighted by atomic mass is 16.4. The zero-order valence-electron chi connectivity index (χ0n) is 10.9. The summed E-state index contributed by atoms with van der Waals surface area (Å²) in [6.07, 6.45) is 1.08. The molecule has 5 nitrogen and oxygen atoms in total. The molecule has 0 saturated heterocycles. The van der Waals surface area contributed by atoms with Crippen molar-refractivity contribution in [2.75, 3.05) is 7.05 Å². The number of aryl methyl sites for hydroxylation is 1. The lowest BCUT2D eigenvalue weighted by atomic mass is 10.2. The predicted molar refractivity (Wildman–Crippen MR) is 66.3 cm³/mol. The second-order valence-corrected chi connectivity index (χ2v) is 4.37. The van der Waals surface area contributed by atoms with Crippen molar-refractivity contribution in [1.29, 1.82) is 0 Å². The Morgan fingerprint density at radius 3 is 2.82 bits per heavy atom. The van der Waals surface area contributed by atoms with Gasteiger partial charge in [0.2, 0.25) is 0 Å². The van der Waals surface area contributed by atoms with E-state index in [9.17, 15) is 4.79 Å². The average molecular weight is 239 g/mol. The summed E-state index contributed by atoms with van der Waals surface area (Å²) in [7, 11) is 2.04. The van der Waals surface area contributed by atoms with Gasteiger partial charge in [0.25, 0.3) is 0 Å². The van der Waals surface area contributed by atoms with Crippen LogP contribution in [-0.2, 0) is 6.54 Å². The third kappa shape index (κ3) is 3.31. The first kappa shape index (κ1) is 13.7. The van der Waals surface area contributed by atoms with Gasteiger partial charge in [-0.15, -0.1) is 0 Å². The lowest BCUT2D eigenvalue weighted by Gasteiger charge is -2.21. The zero-order valence-corrected chi connectivity index (χ0v) is 10.9. The SMILES string of the molecule is CCC(C)N(C)Cc1cc(C)c(C(=O)NN)o1. The van der Waals surface area contributed by atoms with Crippen LogP contribution in [0.3, 0.4) is 0 Å². The Labute approximate surface area is 102 Å². The summed E-state index contributed by atoms with van der Waals surface area (Å²) in [6, 6.07) is 2.36. The largest absolute Gasteiger partial charge is 0.454 e. The molecule has 0 aliphatic rings. The molecule has 0 saturated carbocycles. The minimum atomic E-state index is -0.389. The van der Waals surface area contributed by atoms with Crippen molar-refractivity contribution in [3.63, 3.8) is 0 Å². The van der Waals surface area contributed by atoms with Gasteiger partial charge in [-0.05, 0) is 33.4 Å². The molecule has 3 N–H and O–H groups in total. The van der Waals surface area contributed by atoms with Crippen LogP contribution in [-0.4, -0.2) is 23.9 Å². The van der Waals surface area contributed by atoms with Gasteiger partial charge < -0.3 is 4.42 Å². The Hall–Kier alpha value is -1.33. The summed E-state index contributed by atoms with van der Waals surface area (Å²) in [4.78, 5) is 13.6. The Balaban J connectivity index is 2.77. The van der Waals surface area contributed by atoms with Gasteiger partial charge in [-0.3, -0.25) is 15.1 Å². The van der Waals surface area contributed by atoms with Crippen molar-refractivity contribution in [3.05, 3.63) is 23.2 Å². The molecule has 1 heterocycles. The number of carbonyl (C=O) groups excluding carboxylic acids is 1. The van der Waals surface area contributed by atoms with Gasteiger partial charge in [0.1, 0.15) is 5.76 Å². The molecule has 1 aromatic rings. The van der Waals surface area contributed by atoms with Crippen molar-refractivity contribution in [2.45, 2.75) is 39.8 Å². The number of hydrazine groups is 1. The summed E-state index contributed by atoms with van der Waals surface area (Å²) < 4.78 is 5.50. The maximum absolute atomic E-state index is 11.4. The van der Waals surface area contributed by atoms with E-state index in [4.69, 9.17) is 10.3 Å². The van der Waals surface area contributed by atoms with E-state index in [1.165, 1.54) is 0 Å². The van der Waals surface area contributed by atoms with E-state index in [0.717, 1.165) is 17.7 Å². The molecular weight excluding hydrogens is 218 g/mol. The number of rotatable bonds is 5. The van der Waals surface area contributed by atoms with Gasteiger partial charge in [-0.2, -0.15) is 0 Å². The van der Waals surface area contributed by atoms with Crippen molar-refractivity contribution >= 4 is 5.91 Å². The predicted octanol–water partition coefficient (Wildman–Crippen LogP) is 1.42. The van der Waals surface area contributed by atoms with E-state index < -0.39 is 0 Å². The Bertz CT molecular complexity index is 387.